The van der Waals surface area contributed by atoms with E-state index >= 15 is 0 Å². The normalized spacial score (nSPS) is 33.6. The van der Waals surface area contributed by atoms with Crippen molar-refractivity contribution in [1.82, 2.24) is 0 Å². The van der Waals surface area contributed by atoms with Crippen molar-refractivity contribution in [2.24, 2.45) is 0 Å². The maximum Gasteiger partial charge on any atom is 0.0830 e. The van der Waals surface area contributed by atoms with E-state index < -0.39 is 5.60 Å². The minimum atomic E-state index is -0.436. The van der Waals surface area contributed by atoms with Crippen molar-refractivity contribution in [3.8, 4) is 0 Å². The molecule has 0 aliphatic heterocycles. The van der Waals surface area contributed by atoms with Gasteiger partial charge in [-0.05, 0) is 19.3 Å². The smallest absolute Gasteiger partial charge is 0.0830 e. The summed E-state index contributed by atoms with van der Waals surface area (Å²) in [7, 11) is 0. The van der Waals surface area contributed by atoms with E-state index in [2.05, 4.69) is 13.0 Å². The maximum atomic E-state index is 9.60. The molecule has 1 atom stereocenters. The Morgan fingerprint density at radius 3 is 2.89 bits per heavy atom. The Bertz CT molecular complexity index is 118. The Balaban J connectivity index is 2.42. The molecule has 1 N–H and O–H groups in total. The van der Waals surface area contributed by atoms with Crippen molar-refractivity contribution >= 4 is 0 Å². The van der Waals surface area contributed by atoms with Gasteiger partial charge in [0.05, 0.1) is 5.60 Å². The molecule has 9 heavy (non-hydrogen) atoms. The van der Waals surface area contributed by atoms with Crippen LogP contribution >= 0.6 is 0 Å². The van der Waals surface area contributed by atoms with Gasteiger partial charge in [-0.1, -0.05) is 25.5 Å². The summed E-state index contributed by atoms with van der Waals surface area (Å²) in [6.45, 7) is 2.10. The zero-order chi connectivity index (χ0) is 6.74. The summed E-state index contributed by atoms with van der Waals surface area (Å²) in [5.74, 6) is 0. The monoisotopic (exact) mass is 126 g/mol. The molecule has 1 aliphatic carbocycles. The molecule has 0 aromatic heterocycles. The molecular formula is C8H14O. The lowest BCUT2D eigenvalue weighted by Crippen LogP contribution is -2.21. The predicted molar refractivity (Wildman–Crippen MR) is 38.2 cm³/mol. The van der Waals surface area contributed by atoms with Crippen LogP contribution in [0.15, 0.2) is 12.2 Å². The van der Waals surface area contributed by atoms with Gasteiger partial charge in [0.2, 0.25) is 0 Å². The average molecular weight is 126 g/mol. The van der Waals surface area contributed by atoms with E-state index in [-0.39, 0.29) is 0 Å². The van der Waals surface area contributed by atoms with Crippen molar-refractivity contribution in [3.63, 3.8) is 0 Å². The number of allylic oxidation sites excluding steroid dienone is 1. The SMILES string of the molecule is CCCC1(O)C=CCC1. The van der Waals surface area contributed by atoms with Gasteiger partial charge in [-0.2, -0.15) is 0 Å². The minimum Gasteiger partial charge on any atom is -0.386 e. The molecule has 0 aromatic rings. The summed E-state index contributed by atoms with van der Waals surface area (Å²) in [6.07, 6.45) is 7.98. The van der Waals surface area contributed by atoms with Gasteiger partial charge in [-0.15, -0.1) is 0 Å². The molecule has 1 aliphatic rings. The van der Waals surface area contributed by atoms with Crippen LogP contribution in [0.4, 0.5) is 0 Å². The summed E-state index contributed by atoms with van der Waals surface area (Å²) in [6, 6.07) is 0. The Kier molecular flexibility index (Phi) is 1.91. The molecule has 0 fully saturated rings. The first kappa shape index (κ1) is 6.81. The fourth-order valence-electron chi connectivity index (χ4n) is 1.36. The van der Waals surface area contributed by atoms with Crippen LogP contribution in [0.3, 0.4) is 0 Å². The van der Waals surface area contributed by atoms with Crippen LogP contribution in [0, 0.1) is 0 Å². The minimum absolute atomic E-state index is 0.436. The zero-order valence-corrected chi connectivity index (χ0v) is 5.93. The molecule has 0 saturated carbocycles. The molecular weight excluding hydrogens is 112 g/mol. The van der Waals surface area contributed by atoms with Crippen LogP contribution in [0.5, 0.6) is 0 Å². The summed E-state index contributed by atoms with van der Waals surface area (Å²) in [4.78, 5) is 0. The Morgan fingerprint density at radius 2 is 2.44 bits per heavy atom. The quantitative estimate of drug-likeness (QED) is 0.560. The van der Waals surface area contributed by atoms with E-state index in [4.69, 9.17) is 0 Å². The first-order valence-corrected chi connectivity index (χ1v) is 3.67. The third-order valence-electron chi connectivity index (χ3n) is 1.85. The first-order chi connectivity index (χ1) is 4.27. The molecule has 0 spiro atoms. The van der Waals surface area contributed by atoms with Gasteiger partial charge >= 0.3 is 0 Å². The van der Waals surface area contributed by atoms with E-state index in [1.54, 1.807) is 0 Å². The highest BCUT2D eigenvalue weighted by Gasteiger charge is 2.24. The Labute approximate surface area is 56.4 Å². The van der Waals surface area contributed by atoms with Gasteiger partial charge < -0.3 is 5.11 Å². The van der Waals surface area contributed by atoms with Crippen LogP contribution < -0.4 is 0 Å². The van der Waals surface area contributed by atoms with E-state index in [0.717, 1.165) is 25.7 Å². The second kappa shape index (κ2) is 2.53. The lowest BCUT2D eigenvalue weighted by Gasteiger charge is -2.18. The van der Waals surface area contributed by atoms with Crippen molar-refractivity contribution in [3.05, 3.63) is 12.2 Å². The molecule has 1 heteroatoms. The summed E-state index contributed by atoms with van der Waals surface area (Å²) < 4.78 is 0. The fraction of sp³-hybridized carbons (Fsp3) is 0.750. The van der Waals surface area contributed by atoms with E-state index in [1.807, 2.05) is 6.08 Å². The van der Waals surface area contributed by atoms with Gasteiger partial charge in [0.15, 0.2) is 0 Å². The van der Waals surface area contributed by atoms with E-state index in [9.17, 15) is 5.11 Å². The highest BCUT2D eigenvalue weighted by molar-refractivity contribution is 5.07. The van der Waals surface area contributed by atoms with E-state index in [0.29, 0.717) is 0 Å². The Hall–Kier alpha value is -0.300. The molecule has 0 amide bonds. The van der Waals surface area contributed by atoms with Crippen molar-refractivity contribution in [2.45, 2.75) is 38.2 Å². The van der Waals surface area contributed by atoms with Gasteiger partial charge in [-0.3, -0.25) is 0 Å². The van der Waals surface area contributed by atoms with Gasteiger partial charge in [0.1, 0.15) is 0 Å². The number of aliphatic hydroxyl groups is 1. The number of hydrogen-bond donors (Lipinski definition) is 1. The summed E-state index contributed by atoms with van der Waals surface area (Å²) in [5, 5.41) is 9.60. The Morgan fingerprint density at radius 1 is 1.67 bits per heavy atom. The predicted octanol–water partition coefficient (Wildman–Crippen LogP) is 1.87. The standard InChI is InChI=1S/C8H14O/c1-2-5-8(9)6-3-4-7-8/h3,6,9H,2,4-5,7H2,1H3. The molecule has 1 nitrogen and oxygen atoms in total. The highest BCUT2D eigenvalue weighted by Crippen LogP contribution is 2.26. The summed E-state index contributed by atoms with van der Waals surface area (Å²) in [5.41, 5.74) is -0.436. The van der Waals surface area contributed by atoms with Crippen molar-refractivity contribution in [2.75, 3.05) is 0 Å². The van der Waals surface area contributed by atoms with Crippen molar-refractivity contribution in [1.29, 1.82) is 0 Å². The second-order valence-electron chi connectivity index (χ2n) is 2.79. The molecule has 52 valence electrons. The van der Waals surface area contributed by atoms with Crippen LogP contribution in [-0.4, -0.2) is 10.7 Å². The average Bonchev–Trinajstić information content (AvgIpc) is 2.16. The topological polar surface area (TPSA) is 20.2 Å². The molecule has 0 aromatic carbocycles. The molecule has 0 bridgehead atoms. The number of hydrogen-bond acceptors (Lipinski definition) is 1. The first-order valence-electron chi connectivity index (χ1n) is 3.67. The molecule has 1 rings (SSSR count). The maximum absolute atomic E-state index is 9.60. The van der Waals surface area contributed by atoms with Crippen LogP contribution in [-0.2, 0) is 0 Å². The van der Waals surface area contributed by atoms with E-state index in [1.165, 1.54) is 0 Å². The molecule has 0 heterocycles. The van der Waals surface area contributed by atoms with Gasteiger partial charge in [0, 0.05) is 0 Å². The lowest BCUT2D eigenvalue weighted by atomic mass is 9.98. The molecule has 0 radical (unpaired) electrons. The lowest BCUT2D eigenvalue weighted by molar-refractivity contribution is 0.0807. The van der Waals surface area contributed by atoms with Crippen molar-refractivity contribution < 1.29 is 5.11 Å². The largest absolute Gasteiger partial charge is 0.386 e. The third-order valence-corrected chi connectivity index (χ3v) is 1.85. The second-order valence-corrected chi connectivity index (χ2v) is 2.79. The fourth-order valence-corrected chi connectivity index (χ4v) is 1.36. The number of rotatable bonds is 2. The van der Waals surface area contributed by atoms with Crippen LogP contribution in [0.2, 0.25) is 0 Å². The van der Waals surface area contributed by atoms with Crippen LogP contribution in [0.1, 0.15) is 32.6 Å². The molecule has 0 saturated heterocycles. The third kappa shape index (κ3) is 1.55. The highest BCUT2D eigenvalue weighted by atomic mass is 16.3. The van der Waals surface area contributed by atoms with Crippen LogP contribution in [0.25, 0.3) is 0 Å². The van der Waals surface area contributed by atoms with Gasteiger partial charge in [-0.25, -0.2) is 0 Å². The molecule has 1 unspecified atom stereocenters. The van der Waals surface area contributed by atoms with Gasteiger partial charge in [0.25, 0.3) is 0 Å². The zero-order valence-electron chi connectivity index (χ0n) is 5.93. The summed E-state index contributed by atoms with van der Waals surface area (Å²) >= 11 is 0.